The van der Waals surface area contributed by atoms with Crippen LogP contribution in [0.5, 0.6) is 0 Å². The van der Waals surface area contributed by atoms with Crippen LogP contribution in [0.4, 0.5) is 14.5 Å². The molecule has 1 aromatic rings. The van der Waals surface area contributed by atoms with Crippen molar-refractivity contribution in [2.45, 2.75) is 24.8 Å². The molecule has 0 aromatic heterocycles. The van der Waals surface area contributed by atoms with Crippen LogP contribution in [0.1, 0.15) is 29.6 Å². The van der Waals surface area contributed by atoms with Crippen LogP contribution in [0, 0.1) is 21.7 Å². The smallest absolute Gasteiger partial charge is 0.285 e. The van der Waals surface area contributed by atoms with Crippen molar-refractivity contribution in [3.8, 4) is 0 Å². The van der Waals surface area contributed by atoms with Crippen molar-refractivity contribution >= 4 is 27.5 Å². The standard InChI is InChI=1S/C12H11BrF2N2O3/c13-6-12(2-1-3-12)16-11(18)7-4-8(14)9(15)5-10(7)17(19)20/h4-5H,1-3,6H2,(H,16,18). The minimum atomic E-state index is -1.35. The molecular weight excluding hydrogens is 338 g/mol. The first-order chi connectivity index (χ1) is 9.38. The van der Waals surface area contributed by atoms with Crippen LogP contribution in [0.2, 0.25) is 0 Å². The summed E-state index contributed by atoms with van der Waals surface area (Å²) in [5, 5.41) is 14.0. The Morgan fingerprint density at radius 3 is 2.45 bits per heavy atom. The van der Waals surface area contributed by atoms with Crippen LogP contribution in [-0.4, -0.2) is 21.7 Å². The second-order valence-electron chi connectivity index (χ2n) is 4.76. The van der Waals surface area contributed by atoms with Gasteiger partial charge in [0.2, 0.25) is 0 Å². The summed E-state index contributed by atoms with van der Waals surface area (Å²) in [5.41, 5.74) is -1.68. The number of halogens is 3. The number of nitrogens with one attached hydrogen (secondary N) is 1. The zero-order chi connectivity index (χ0) is 14.9. The molecule has 108 valence electrons. The number of nitro groups is 1. The Hall–Kier alpha value is -1.57. The van der Waals surface area contributed by atoms with E-state index in [9.17, 15) is 23.7 Å². The van der Waals surface area contributed by atoms with Gasteiger partial charge in [0.25, 0.3) is 11.6 Å². The van der Waals surface area contributed by atoms with Crippen molar-refractivity contribution < 1.29 is 18.5 Å². The highest BCUT2D eigenvalue weighted by molar-refractivity contribution is 9.09. The minimum Gasteiger partial charge on any atom is -0.346 e. The monoisotopic (exact) mass is 348 g/mol. The van der Waals surface area contributed by atoms with Crippen LogP contribution in [0.3, 0.4) is 0 Å². The molecule has 1 N–H and O–H groups in total. The fourth-order valence-corrected chi connectivity index (χ4v) is 2.77. The average Bonchev–Trinajstić information content (AvgIpc) is 2.36. The lowest BCUT2D eigenvalue weighted by Gasteiger charge is -2.41. The number of nitro benzene ring substituents is 1. The summed E-state index contributed by atoms with van der Waals surface area (Å²) in [5.74, 6) is -3.41. The highest BCUT2D eigenvalue weighted by atomic mass is 79.9. The quantitative estimate of drug-likeness (QED) is 0.516. The molecule has 0 bridgehead atoms. The molecule has 1 fully saturated rings. The van der Waals surface area contributed by atoms with Crippen LogP contribution < -0.4 is 5.32 Å². The molecule has 0 aliphatic heterocycles. The lowest BCUT2D eigenvalue weighted by molar-refractivity contribution is -0.385. The molecule has 1 amide bonds. The van der Waals surface area contributed by atoms with Crippen LogP contribution in [-0.2, 0) is 0 Å². The third kappa shape index (κ3) is 2.65. The summed E-state index contributed by atoms with van der Waals surface area (Å²) >= 11 is 3.28. The maximum absolute atomic E-state index is 13.2. The van der Waals surface area contributed by atoms with Gasteiger partial charge in [-0.2, -0.15) is 0 Å². The number of nitrogens with zero attached hydrogens (tertiary/aromatic N) is 1. The topological polar surface area (TPSA) is 72.2 Å². The third-order valence-electron chi connectivity index (χ3n) is 3.43. The Morgan fingerprint density at radius 1 is 1.40 bits per heavy atom. The van der Waals surface area contributed by atoms with E-state index < -0.39 is 39.3 Å². The van der Waals surface area contributed by atoms with Crippen molar-refractivity contribution in [2.75, 3.05) is 5.33 Å². The largest absolute Gasteiger partial charge is 0.346 e. The Labute approximate surface area is 121 Å². The van der Waals surface area contributed by atoms with Crippen molar-refractivity contribution in [3.63, 3.8) is 0 Å². The van der Waals surface area contributed by atoms with Gasteiger partial charge < -0.3 is 5.32 Å². The summed E-state index contributed by atoms with van der Waals surface area (Å²) in [6, 6.07) is 0.981. The molecule has 1 aromatic carbocycles. The van der Waals surface area contributed by atoms with Crippen molar-refractivity contribution in [1.29, 1.82) is 0 Å². The molecule has 1 saturated carbocycles. The van der Waals surface area contributed by atoms with E-state index >= 15 is 0 Å². The number of amides is 1. The van der Waals surface area contributed by atoms with Crippen molar-refractivity contribution in [3.05, 3.63) is 39.4 Å². The van der Waals surface area contributed by atoms with Gasteiger partial charge in [-0.15, -0.1) is 0 Å². The van der Waals surface area contributed by atoms with Crippen molar-refractivity contribution in [1.82, 2.24) is 5.32 Å². The molecular formula is C12H11BrF2N2O3. The minimum absolute atomic E-state index is 0.422. The van der Waals surface area contributed by atoms with Gasteiger partial charge in [0.15, 0.2) is 11.6 Å². The van der Waals surface area contributed by atoms with Crippen LogP contribution in [0.25, 0.3) is 0 Å². The maximum atomic E-state index is 13.2. The molecule has 2 rings (SSSR count). The summed E-state index contributed by atoms with van der Waals surface area (Å²) in [7, 11) is 0. The van der Waals surface area contributed by atoms with Gasteiger partial charge in [-0.05, 0) is 25.3 Å². The number of hydrogen-bond acceptors (Lipinski definition) is 3. The van der Waals surface area contributed by atoms with Gasteiger partial charge in [-0.1, -0.05) is 15.9 Å². The Morgan fingerprint density at radius 2 is 2.00 bits per heavy atom. The Bertz CT molecular complexity index is 571. The predicted octanol–water partition coefficient (Wildman–Crippen LogP) is 2.92. The predicted molar refractivity (Wildman–Crippen MR) is 70.9 cm³/mol. The fourth-order valence-electron chi connectivity index (χ4n) is 2.07. The van der Waals surface area contributed by atoms with Crippen LogP contribution >= 0.6 is 15.9 Å². The van der Waals surface area contributed by atoms with E-state index in [4.69, 9.17) is 0 Å². The van der Waals surface area contributed by atoms with E-state index in [1.165, 1.54) is 0 Å². The normalized spacial score (nSPS) is 16.4. The number of alkyl halides is 1. The molecule has 8 heteroatoms. The van der Waals surface area contributed by atoms with E-state index in [1.807, 2.05) is 0 Å². The van der Waals surface area contributed by atoms with E-state index in [0.29, 0.717) is 17.5 Å². The molecule has 0 heterocycles. The summed E-state index contributed by atoms with van der Waals surface area (Å²) < 4.78 is 26.3. The number of carbonyl (C=O) groups is 1. The molecule has 0 saturated heterocycles. The SMILES string of the molecule is O=C(NC1(CBr)CCC1)c1cc(F)c(F)cc1[N+](=O)[O-]. The van der Waals surface area contributed by atoms with Gasteiger partial charge in [-0.25, -0.2) is 8.78 Å². The molecule has 5 nitrogen and oxygen atoms in total. The fraction of sp³-hybridized carbons (Fsp3) is 0.417. The second-order valence-corrected chi connectivity index (χ2v) is 5.32. The first kappa shape index (κ1) is 14.8. The van der Waals surface area contributed by atoms with Crippen molar-refractivity contribution in [2.24, 2.45) is 0 Å². The number of carbonyl (C=O) groups excluding carboxylic acids is 1. The summed E-state index contributed by atoms with van der Waals surface area (Å²) in [6.45, 7) is 0. The second kappa shape index (κ2) is 5.43. The zero-order valence-corrected chi connectivity index (χ0v) is 11.9. The summed E-state index contributed by atoms with van der Waals surface area (Å²) in [6.07, 6.45) is 2.41. The highest BCUT2D eigenvalue weighted by Gasteiger charge is 2.38. The third-order valence-corrected chi connectivity index (χ3v) is 4.50. The molecule has 0 radical (unpaired) electrons. The maximum Gasteiger partial charge on any atom is 0.285 e. The number of benzene rings is 1. The van der Waals surface area contributed by atoms with Gasteiger partial charge in [0.05, 0.1) is 16.5 Å². The number of hydrogen-bond donors (Lipinski definition) is 1. The first-order valence-electron chi connectivity index (χ1n) is 5.90. The van der Waals surface area contributed by atoms with E-state index in [-0.39, 0.29) is 0 Å². The van der Waals surface area contributed by atoms with E-state index in [1.54, 1.807) is 0 Å². The highest BCUT2D eigenvalue weighted by Crippen LogP contribution is 2.34. The Balaban J connectivity index is 2.33. The molecule has 0 unspecified atom stereocenters. The number of rotatable bonds is 4. The molecule has 1 aliphatic rings. The Kier molecular flexibility index (Phi) is 4.03. The van der Waals surface area contributed by atoms with Gasteiger partial charge in [0.1, 0.15) is 5.56 Å². The van der Waals surface area contributed by atoms with E-state index in [0.717, 1.165) is 19.3 Å². The van der Waals surface area contributed by atoms with E-state index in [2.05, 4.69) is 21.2 Å². The van der Waals surface area contributed by atoms with Gasteiger partial charge in [-0.3, -0.25) is 14.9 Å². The van der Waals surface area contributed by atoms with Crippen LogP contribution in [0.15, 0.2) is 12.1 Å². The molecule has 0 atom stereocenters. The molecule has 20 heavy (non-hydrogen) atoms. The average molecular weight is 349 g/mol. The summed E-state index contributed by atoms with van der Waals surface area (Å²) in [4.78, 5) is 22.0. The van der Waals surface area contributed by atoms with Gasteiger partial charge in [0, 0.05) is 5.33 Å². The van der Waals surface area contributed by atoms with Gasteiger partial charge >= 0.3 is 0 Å². The lowest BCUT2D eigenvalue weighted by atomic mass is 9.78. The first-order valence-corrected chi connectivity index (χ1v) is 7.02. The lowest BCUT2D eigenvalue weighted by Crippen LogP contribution is -2.54. The molecule has 0 spiro atoms. The zero-order valence-electron chi connectivity index (χ0n) is 10.3. The molecule has 1 aliphatic carbocycles.